The average molecular weight is 246 g/mol. The molecule has 0 spiro atoms. The molecule has 1 aromatic heterocycles. The van der Waals surface area contributed by atoms with E-state index in [0.29, 0.717) is 19.5 Å². The van der Waals surface area contributed by atoms with Gasteiger partial charge in [-0.25, -0.2) is 8.78 Å². The zero-order valence-corrected chi connectivity index (χ0v) is 9.00. The Morgan fingerprint density at radius 1 is 1.65 bits per heavy atom. The molecule has 0 saturated carbocycles. The van der Waals surface area contributed by atoms with Gasteiger partial charge in [-0.15, -0.1) is 0 Å². The van der Waals surface area contributed by atoms with E-state index in [9.17, 15) is 18.9 Å². The maximum absolute atomic E-state index is 12.2. The summed E-state index contributed by atoms with van der Waals surface area (Å²) in [5.74, 6) is 0. The van der Waals surface area contributed by atoms with Crippen LogP contribution >= 0.6 is 0 Å². The Morgan fingerprint density at radius 3 is 3.00 bits per heavy atom. The number of halogens is 2. The first-order valence-corrected chi connectivity index (χ1v) is 5.25. The van der Waals surface area contributed by atoms with Gasteiger partial charge in [-0.2, -0.15) is 5.10 Å². The molecule has 0 bridgehead atoms. The summed E-state index contributed by atoms with van der Waals surface area (Å²) in [6.07, 6.45) is 0.860. The highest BCUT2D eigenvalue weighted by Gasteiger charge is 2.27. The Balaban J connectivity index is 1.97. The van der Waals surface area contributed by atoms with Crippen molar-refractivity contribution in [2.24, 2.45) is 0 Å². The fourth-order valence-corrected chi connectivity index (χ4v) is 2.01. The topological polar surface area (TPSA) is 64.2 Å². The summed E-state index contributed by atoms with van der Waals surface area (Å²) < 4.78 is 25.8. The van der Waals surface area contributed by atoms with Gasteiger partial charge in [-0.05, 0) is 6.42 Å². The fourth-order valence-electron chi connectivity index (χ4n) is 2.01. The Bertz CT molecular complexity index is 409. The molecule has 0 radical (unpaired) electrons. The van der Waals surface area contributed by atoms with Crippen molar-refractivity contribution in [2.45, 2.75) is 18.9 Å². The van der Waals surface area contributed by atoms with Gasteiger partial charge in [0.25, 0.3) is 6.43 Å². The maximum Gasteiger partial charge on any atom is 0.307 e. The second-order valence-electron chi connectivity index (χ2n) is 4.03. The van der Waals surface area contributed by atoms with E-state index in [4.69, 9.17) is 0 Å². The Hall–Kier alpha value is -1.57. The van der Waals surface area contributed by atoms with Crippen molar-refractivity contribution in [3.63, 3.8) is 0 Å². The zero-order valence-electron chi connectivity index (χ0n) is 9.00. The van der Waals surface area contributed by atoms with Gasteiger partial charge in [0.05, 0.1) is 17.5 Å². The van der Waals surface area contributed by atoms with Crippen LogP contribution in [0.4, 0.5) is 14.5 Å². The summed E-state index contributed by atoms with van der Waals surface area (Å²) in [5, 5.41) is 14.4. The number of nitro groups is 1. The molecule has 0 N–H and O–H groups in total. The maximum atomic E-state index is 12.2. The molecule has 6 nitrogen and oxygen atoms in total. The molecule has 1 saturated heterocycles. The fraction of sp³-hybridized carbons (Fsp3) is 0.667. The lowest BCUT2D eigenvalue weighted by molar-refractivity contribution is -0.385. The van der Waals surface area contributed by atoms with Gasteiger partial charge in [0.15, 0.2) is 0 Å². The predicted octanol–water partition coefficient (Wildman–Crippen LogP) is 1.30. The SMILES string of the molecule is O=[N+]([O-])c1cnn(C2CCN(CC(F)F)C2)c1. The van der Waals surface area contributed by atoms with Crippen molar-refractivity contribution in [1.29, 1.82) is 0 Å². The second-order valence-corrected chi connectivity index (χ2v) is 4.03. The highest BCUT2D eigenvalue weighted by molar-refractivity contribution is 5.21. The molecule has 1 atom stereocenters. The van der Waals surface area contributed by atoms with E-state index in [1.165, 1.54) is 17.1 Å². The molecule has 1 aromatic rings. The van der Waals surface area contributed by atoms with Crippen LogP contribution in [0.1, 0.15) is 12.5 Å². The first kappa shape index (κ1) is 11.9. The van der Waals surface area contributed by atoms with Gasteiger partial charge in [-0.3, -0.25) is 19.7 Å². The quantitative estimate of drug-likeness (QED) is 0.593. The van der Waals surface area contributed by atoms with Gasteiger partial charge in [0, 0.05) is 13.1 Å². The average Bonchev–Trinajstić information content (AvgIpc) is 2.83. The minimum absolute atomic E-state index is 0.0533. The first-order chi connectivity index (χ1) is 8.06. The molecule has 0 amide bonds. The zero-order chi connectivity index (χ0) is 12.4. The summed E-state index contributed by atoms with van der Waals surface area (Å²) in [7, 11) is 0. The molecule has 94 valence electrons. The second kappa shape index (κ2) is 4.74. The minimum Gasteiger partial charge on any atom is -0.296 e. The Labute approximate surface area is 96.0 Å². The van der Waals surface area contributed by atoms with Crippen LogP contribution in [0.2, 0.25) is 0 Å². The van der Waals surface area contributed by atoms with Crippen molar-refractivity contribution >= 4 is 5.69 Å². The van der Waals surface area contributed by atoms with Crippen LogP contribution in [0.15, 0.2) is 12.4 Å². The van der Waals surface area contributed by atoms with Crippen molar-refractivity contribution in [3.05, 3.63) is 22.5 Å². The smallest absolute Gasteiger partial charge is 0.296 e. The van der Waals surface area contributed by atoms with Crippen molar-refractivity contribution in [1.82, 2.24) is 14.7 Å². The lowest BCUT2D eigenvalue weighted by Crippen LogP contribution is -2.27. The monoisotopic (exact) mass is 246 g/mol. The number of likely N-dealkylation sites (tertiary alicyclic amines) is 1. The molecule has 0 aromatic carbocycles. The summed E-state index contributed by atoms with van der Waals surface area (Å²) in [6.45, 7) is 0.783. The van der Waals surface area contributed by atoms with E-state index in [0.717, 1.165) is 0 Å². The first-order valence-electron chi connectivity index (χ1n) is 5.25. The van der Waals surface area contributed by atoms with Crippen molar-refractivity contribution in [3.8, 4) is 0 Å². The van der Waals surface area contributed by atoms with E-state index in [-0.39, 0.29) is 18.3 Å². The third kappa shape index (κ3) is 2.76. The molecular formula is C9H12F2N4O2. The molecule has 2 rings (SSSR count). The standard InChI is InChI=1S/C9H12F2N4O2/c10-9(11)6-13-2-1-7(4-13)14-5-8(3-12-14)15(16)17/h3,5,7,9H,1-2,4,6H2. The van der Waals surface area contributed by atoms with Crippen LogP contribution in [-0.2, 0) is 0 Å². The number of nitrogens with zero attached hydrogens (tertiary/aromatic N) is 4. The number of alkyl halides is 2. The van der Waals surface area contributed by atoms with Gasteiger partial charge >= 0.3 is 5.69 Å². The Morgan fingerprint density at radius 2 is 2.41 bits per heavy atom. The molecule has 17 heavy (non-hydrogen) atoms. The Kier molecular flexibility index (Phi) is 3.32. The van der Waals surface area contributed by atoms with Gasteiger partial charge in [0.1, 0.15) is 12.4 Å². The molecule has 1 unspecified atom stereocenters. The third-order valence-corrected chi connectivity index (χ3v) is 2.82. The molecule has 2 heterocycles. The summed E-state index contributed by atoms with van der Waals surface area (Å²) in [4.78, 5) is 11.6. The highest BCUT2D eigenvalue weighted by atomic mass is 19.3. The van der Waals surface area contributed by atoms with E-state index >= 15 is 0 Å². The number of aromatic nitrogens is 2. The number of hydrogen-bond acceptors (Lipinski definition) is 4. The van der Waals surface area contributed by atoms with Gasteiger partial charge in [0.2, 0.25) is 0 Å². The van der Waals surface area contributed by atoms with Crippen LogP contribution in [0.25, 0.3) is 0 Å². The van der Waals surface area contributed by atoms with Crippen LogP contribution in [0.5, 0.6) is 0 Å². The van der Waals surface area contributed by atoms with Gasteiger partial charge in [-0.1, -0.05) is 0 Å². The van der Waals surface area contributed by atoms with E-state index < -0.39 is 11.3 Å². The van der Waals surface area contributed by atoms with E-state index in [1.54, 1.807) is 4.90 Å². The van der Waals surface area contributed by atoms with Crippen LogP contribution in [0, 0.1) is 10.1 Å². The predicted molar refractivity (Wildman–Crippen MR) is 55.0 cm³/mol. The lowest BCUT2D eigenvalue weighted by atomic mass is 10.3. The summed E-state index contributed by atoms with van der Waals surface area (Å²) in [6, 6.07) is -0.0533. The van der Waals surface area contributed by atoms with Crippen LogP contribution in [-0.4, -0.2) is 45.7 Å². The molecule has 1 fully saturated rings. The van der Waals surface area contributed by atoms with Crippen molar-refractivity contribution in [2.75, 3.05) is 19.6 Å². The molecule has 0 aliphatic carbocycles. The molecule has 1 aliphatic rings. The minimum atomic E-state index is -2.35. The normalized spacial score (nSPS) is 21.2. The van der Waals surface area contributed by atoms with Crippen LogP contribution in [0.3, 0.4) is 0 Å². The molecule has 1 aliphatic heterocycles. The number of hydrogen-bond donors (Lipinski definition) is 0. The summed E-state index contributed by atoms with van der Waals surface area (Å²) in [5.41, 5.74) is -0.0719. The van der Waals surface area contributed by atoms with E-state index in [2.05, 4.69) is 5.10 Å². The highest BCUT2D eigenvalue weighted by Crippen LogP contribution is 2.23. The number of rotatable bonds is 4. The van der Waals surface area contributed by atoms with Crippen LogP contribution < -0.4 is 0 Å². The lowest BCUT2D eigenvalue weighted by Gasteiger charge is -2.14. The molecule has 8 heteroatoms. The largest absolute Gasteiger partial charge is 0.307 e. The van der Waals surface area contributed by atoms with Crippen molar-refractivity contribution < 1.29 is 13.7 Å². The molecular weight excluding hydrogens is 234 g/mol. The van der Waals surface area contributed by atoms with Gasteiger partial charge < -0.3 is 0 Å². The third-order valence-electron chi connectivity index (χ3n) is 2.82. The summed E-state index contributed by atoms with van der Waals surface area (Å²) >= 11 is 0. The van der Waals surface area contributed by atoms with E-state index in [1.807, 2.05) is 0 Å².